The van der Waals surface area contributed by atoms with Crippen LogP contribution in [0.4, 0.5) is 32.0 Å². The number of halogens is 6. The molecule has 42 heavy (non-hydrogen) atoms. The number of nitriles is 1. The summed E-state index contributed by atoms with van der Waals surface area (Å²) in [6.45, 7) is 0.494. The Bertz CT molecular complexity index is 1490. The lowest BCUT2D eigenvalue weighted by atomic mass is 9.63. The molecule has 2 unspecified atom stereocenters. The summed E-state index contributed by atoms with van der Waals surface area (Å²) in [5, 5.41) is 14.3. The predicted octanol–water partition coefficient (Wildman–Crippen LogP) is 4.11. The zero-order valence-corrected chi connectivity index (χ0v) is 22.7. The van der Waals surface area contributed by atoms with Gasteiger partial charge in [-0.3, -0.25) is 19.4 Å². The maximum atomic E-state index is 15.0. The molecule has 2 atom stereocenters. The van der Waals surface area contributed by atoms with Crippen LogP contribution in [0.2, 0.25) is 0 Å². The van der Waals surface area contributed by atoms with E-state index in [1.807, 2.05) is 0 Å². The van der Waals surface area contributed by atoms with Crippen molar-refractivity contribution in [3.05, 3.63) is 58.7 Å². The van der Waals surface area contributed by atoms with Crippen LogP contribution in [-0.4, -0.2) is 64.5 Å². The first kappa shape index (κ1) is 29.7. The van der Waals surface area contributed by atoms with Gasteiger partial charge in [0.15, 0.2) is 10.8 Å². The highest BCUT2D eigenvalue weighted by Gasteiger charge is 2.60. The topological polar surface area (TPSA) is 101 Å². The average molecular weight is 611 g/mol. The Morgan fingerprint density at radius 1 is 1.26 bits per heavy atom. The highest BCUT2D eigenvalue weighted by Crippen LogP contribution is 2.50. The van der Waals surface area contributed by atoms with Gasteiger partial charge in [0.2, 0.25) is 0 Å². The number of nitrogens with zero attached hydrogens (tertiary/aromatic N) is 4. The second-order valence-corrected chi connectivity index (χ2v) is 11.0. The molecule has 1 spiro atoms. The molecule has 1 aromatic heterocycles. The summed E-state index contributed by atoms with van der Waals surface area (Å²) in [6.07, 6.45) is -3.00. The Hall–Kier alpha value is -3.77. The summed E-state index contributed by atoms with van der Waals surface area (Å²) in [5.41, 5.74) is -3.58. The van der Waals surface area contributed by atoms with Gasteiger partial charge in [-0.1, -0.05) is 6.07 Å². The van der Waals surface area contributed by atoms with Crippen LogP contribution in [0.25, 0.3) is 0 Å². The SMILES string of the molecule is N#Cc1ncc(N2C(=O)C3(CCC3c3ccc(C(=O)NCCCN4CCC(F)(F)C4)c(F)c3)NC2=S)cc1C(F)(F)F. The smallest absolute Gasteiger partial charge is 0.352 e. The minimum absolute atomic E-state index is 0.154. The van der Waals surface area contributed by atoms with Gasteiger partial charge in [-0.25, -0.2) is 18.2 Å². The molecule has 3 heterocycles. The molecule has 1 aromatic carbocycles. The van der Waals surface area contributed by atoms with Gasteiger partial charge in [-0.2, -0.15) is 18.4 Å². The predicted molar refractivity (Wildman–Crippen MR) is 141 cm³/mol. The van der Waals surface area contributed by atoms with Crippen LogP contribution in [0.15, 0.2) is 30.5 Å². The summed E-state index contributed by atoms with van der Waals surface area (Å²) in [5.74, 6) is -5.44. The summed E-state index contributed by atoms with van der Waals surface area (Å²) in [7, 11) is 0. The summed E-state index contributed by atoms with van der Waals surface area (Å²) < 4.78 is 82.1. The highest BCUT2D eigenvalue weighted by molar-refractivity contribution is 7.80. The third-order valence-corrected chi connectivity index (χ3v) is 8.19. The second kappa shape index (κ2) is 10.8. The normalized spacial score (nSPS) is 23.5. The number of thiocarbonyl (C=S) groups is 1. The molecule has 2 N–H and O–H groups in total. The van der Waals surface area contributed by atoms with E-state index in [4.69, 9.17) is 17.5 Å². The molecule has 2 aliphatic heterocycles. The number of carbonyl (C=O) groups excluding carboxylic acids is 2. The number of amides is 2. The molecule has 0 radical (unpaired) electrons. The quantitative estimate of drug-likeness (QED) is 0.277. The molecule has 2 amide bonds. The molecular weight excluding hydrogens is 586 g/mol. The number of rotatable bonds is 7. The fourth-order valence-electron chi connectivity index (χ4n) is 5.67. The number of alkyl halides is 5. The van der Waals surface area contributed by atoms with Crippen molar-refractivity contribution in [1.29, 1.82) is 5.26 Å². The van der Waals surface area contributed by atoms with Crippen LogP contribution in [0.5, 0.6) is 0 Å². The third kappa shape index (κ3) is 5.40. The van der Waals surface area contributed by atoms with E-state index in [0.717, 1.165) is 17.2 Å². The molecule has 1 saturated carbocycles. The van der Waals surface area contributed by atoms with E-state index in [0.29, 0.717) is 31.0 Å². The van der Waals surface area contributed by atoms with Crippen molar-refractivity contribution in [2.75, 3.05) is 31.1 Å². The van der Waals surface area contributed by atoms with E-state index >= 15 is 4.39 Å². The Balaban J connectivity index is 1.26. The first-order valence-corrected chi connectivity index (χ1v) is 13.5. The molecule has 8 nitrogen and oxygen atoms in total. The molecule has 0 bridgehead atoms. The summed E-state index contributed by atoms with van der Waals surface area (Å²) >= 11 is 5.28. The molecule has 3 fully saturated rings. The van der Waals surface area contributed by atoms with Crippen molar-refractivity contribution < 1.29 is 35.9 Å². The van der Waals surface area contributed by atoms with Gasteiger partial charge in [0, 0.05) is 32.0 Å². The van der Waals surface area contributed by atoms with Crippen molar-refractivity contribution in [2.45, 2.75) is 49.2 Å². The van der Waals surface area contributed by atoms with E-state index in [9.17, 15) is 31.5 Å². The average Bonchev–Trinajstić information content (AvgIpc) is 3.40. The standard InChI is InChI=1S/C27H24F6N6O2S/c28-20-10-15(2-3-17(20)22(40)35-7-1-8-38-9-6-25(29,30)14-38)18-4-5-26(18)23(41)39(24(42)37-26)16-11-19(27(31,32)33)21(12-34)36-13-16/h2-3,10-11,13,18H,1,4-9,14H2,(H,35,40)(H,37,42). The fourth-order valence-corrected chi connectivity index (χ4v) is 6.04. The zero-order chi connectivity index (χ0) is 30.4. The van der Waals surface area contributed by atoms with Gasteiger partial charge < -0.3 is 10.6 Å². The number of benzene rings is 1. The highest BCUT2D eigenvalue weighted by atomic mass is 32.1. The van der Waals surface area contributed by atoms with Crippen LogP contribution in [0.1, 0.15) is 58.8 Å². The Kier molecular flexibility index (Phi) is 7.65. The Labute approximate surface area is 241 Å². The van der Waals surface area contributed by atoms with Crippen molar-refractivity contribution >= 4 is 34.8 Å². The van der Waals surface area contributed by atoms with Crippen molar-refractivity contribution in [2.24, 2.45) is 0 Å². The number of likely N-dealkylation sites (tertiary alicyclic amines) is 1. The lowest BCUT2D eigenvalue weighted by Crippen LogP contribution is -2.58. The van der Waals surface area contributed by atoms with Crippen molar-refractivity contribution in [3.63, 3.8) is 0 Å². The molecule has 15 heteroatoms. The van der Waals surface area contributed by atoms with Crippen LogP contribution in [-0.2, 0) is 11.0 Å². The number of carbonyl (C=O) groups is 2. The fraction of sp³-hybridized carbons (Fsp3) is 0.444. The number of aromatic nitrogens is 1. The number of anilines is 1. The second-order valence-electron chi connectivity index (χ2n) is 10.6. The summed E-state index contributed by atoms with van der Waals surface area (Å²) in [6, 6.07) is 5.94. The van der Waals surface area contributed by atoms with Gasteiger partial charge in [-0.15, -0.1) is 0 Å². The van der Waals surface area contributed by atoms with Crippen molar-refractivity contribution in [1.82, 2.24) is 20.5 Å². The van der Waals surface area contributed by atoms with E-state index in [1.54, 1.807) is 4.90 Å². The van der Waals surface area contributed by atoms with Crippen LogP contribution in [0, 0.1) is 17.1 Å². The zero-order valence-electron chi connectivity index (χ0n) is 21.9. The molecule has 1 aliphatic carbocycles. The minimum Gasteiger partial charge on any atom is -0.352 e. The largest absolute Gasteiger partial charge is 0.419 e. The van der Waals surface area contributed by atoms with E-state index in [-0.39, 0.29) is 48.8 Å². The molecule has 2 aromatic rings. The molecule has 3 aliphatic rings. The molecular formula is C27H24F6N6O2S. The summed E-state index contributed by atoms with van der Waals surface area (Å²) in [4.78, 5) is 32.1. The third-order valence-electron chi connectivity index (χ3n) is 7.91. The monoisotopic (exact) mass is 610 g/mol. The Morgan fingerprint density at radius 2 is 2.02 bits per heavy atom. The molecule has 2 saturated heterocycles. The van der Waals surface area contributed by atoms with Gasteiger partial charge >= 0.3 is 6.18 Å². The maximum Gasteiger partial charge on any atom is 0.419 e. The first-order valence-electron chi connectivity index (χ1n) is 13.1. The minimum atomic E-state index is -4.89. The first-order chi connectivity index (χ1) is 19.8. The number of nitrogens with one attached hydrogen (secondary N) is 2. The van der Waals surface area contributed by atoms with Gasteiger partial charge in [0.05, 0.1) is 29.6 Å². The maximum absolute atomic E-state index is 15.0. The van der Waals surface area contributed by atoms with Crippen LogP contribution >= 0.6 is 12.2 Å². The lowest BCUT2D eigenvalue weighted by molar-refractivity contribution is -0.138. The number of hydrogen-bond acceptors (Lipinski definition) is 6. The van der Waals surface area contributed by atoms with Gasteiger partial charge in [-0.05, 0) is 55.2 Å². The number of hydrogen-bond donors (Lipinski definition) is 2. The van der Waals surface area contributed by atoms with Crippen LogP contribution < -0.4 is 15.5 Å². The van der Waals surface area contributed by atoms with Gasteiger partial charge in [0.1, 0.15) is 17.4 Å². The van der Waals surface area contributed by atoms with E-state index < -0.39 is 52.4 Å². The van der Waals surface area contributed by atoms with E-state index in [1.165, 1.54) is 18.2 Å². The molecule has 222 valence electrons. The van der Waals surface area contributed by atoms with Crippen molar-refractivity contribution in [3.8, 4) is 6.07 Å². The molecule has 5 rings (SSSR count). The number of pyridine rings is 1. The van der Waals surface area contributed by atoms with Crippen LogP contribution in [0.3, 0.4) is 0 Å². The Morgan fingerprint density at radius 3 is 2.62 bits per heavy atom. The lowest BCUT2D eigenvalue weighted by Gasteiger charge is -2.45. The van der Waals surface area contributed by atoms with Gasteiger partial charge in [0.25, 0.3) is 17.7 Å². The van der Waals surface area contributed by atoms with E-state index in [2.05, 4.69) is 15.6 Å².